The molecule has 0 saturated carbocycles. The van der Waals surface area contributed by atoms with Crippen molar-refractivity contribution in [3.8, 4) is 11.5 Å². The van der Waals surface area contributed by atoms with Gasteiger partial charge < -0.3 is 14.7 Å². The van der Waals surface area contributed by atoms with Gasteiger partial charge in [0.1, 0.15) is 17.2 Å². The number of carbonyl (C=O) groups excluding carboxylic acids is 2. The molecule has 28 heavy (non-hydrogen) atoms. The lowest BCUT2D eigenvalue weighted by atomic mass is 10.1. The van der Waals surface area contributed by atoms with Crippen LogP contribution >= 0.6 is 0 Å². The molecule has 1 aromatic rings. The minimum Gasteiger partial charge on any atom is -0.506 e. The Morgan fingerprint density at radius 2 is 1.71 bits per heavy atom. The van der Waals surface area contributed by atoms with Crippen LogP contribution in [0.4, 0.5) is 5.69 Å². The number of benzene rings is 1. The van der Waals surface area contributed by atoms with Gasteiger partial charge in [-0.05, 0) is 45.4 Å². The second-order valence-corrected chi connectivity index (χ2v) is 7.77. The number of amides is 2. The number of anilines is 1. The molecule has 2 amide bonds. The van der Waals surface area contributed by atoms with Gasteiger partial charge in [-0.3, -0.25) is 19.4 Å². The first-order valence-corrected chi connectivity index (χ1v) is 10.2. The number of nitrogens with zero attached hydrogens (tertiary/aromatic N) is 3. The molecular formula is C21H31N3O4. The average molecular weight is 389 g/mol. The van der Waals surface area contributed by atoms with Crippen molar-refractivity contribution >= 4 is 17.5 Å². The molecule has 2 aliphatic heterocycles. The Hall–Kier alpha value is -2.28. The zero-order valence-corrected chi connectivity index (χ0v) is 16.9. The van der Waals surface area contributed by atoms with E-state index in [-0.39, 0.29) is 23.7 Å². The first kappa shape index (κ1) is 20.5. The second kappa shape index (κ2) is 9.28. The Labute approximate surface area is 166 Å². The molecule has 0 spiro atoms. The van der Waals surface area contributed by atoms with Gasteiger partial charge in [-0.25, -0.2) is 0 Å². The summed E-state index contributed by atoms with van der Waals surface area (Å²) in [6.45, 7) is 8.67. The Kier molecular flexibility index (Phi) is 6.78. The number of ether oxygens (including phenoxy) is 1. The van der Waals surface area contributed by atoms with E-state index in [9.17, 15) is 14.7 Å². The first-order valence-electron chi connectivity index (χ1n) is 10.2. The lowest BCUT2D eigenvalue weighted by Crippen LogP contribution is -2.47. The number of likely N-dealkylation sites (tertiary alicyclic amines) is 1. The number of hydrogen-bond donors (Lipinski definition) is 1. The molecule has 0 bridgehead atoms. The molecule has 3 rings (SSSR count). The third-order valence-corrected chi connectivity index (χ3v) is 5.27. The predicted molar refractivity (Wildman–Crippen MR) is 108 cm³/mol. The van der Waals surface area contributed by atoms with Gasteiger partial charge in [0.15, 0.2) is 0 Å². The number of hydrogen-bond acceptors (Lipinski definition) is 6. The second-order valence-electron chi connectivity index (χ2n) is 7.77. The van der Waals surface area contributed by atoms with Crippen molar-refractivity contribution in [2.75, 3.05) is 44.2 Å². The van der Waals surface area contributed by atoms with Crippen LogP contribution in [0, 0.1) is 0 Å². The van der Waals surface area contributed by atoms with Crippen molar-refractivity contribution in [3.05, 3.63) is 18.2 Å². The summed E-state index contributed by atoms with van der Waals surface area (Å²) in [6.07, 6.45) is 2.51. The topological polar surface area (TPSA) is 73.3 Å². The third-order valence-electron chi connectivity index (χ3n) is 5.27. The minimum atomic E-state index is -0.0293. The molecule has 2 aliphatic rings. The van der Waals surface area contributed by atoms with Gasteiger partial charge in [0.25, 0.3) is 0 Å². The molecule has 0 atom stereocenters. The van der Waals surface area contributed by atoms with Crippen molar-refractivity contribution in [2.45, 2.75) is 45.6 Å². The van der Waals surface area contributed by atoms with Crippen LogP contribution in [0.15, 0.2) is 18.2 Å². The van der Waals surface area contributed by atoms with E-state index >= 15 is 0 Å². The third kappa shape index (κ3) is 4.95. The zero-order valence-electron chi connectivity index (χ0n) is 16.9. The quantitative estimate of drug-likeness (QED) is 0.721. The molecule has 0 radical (unpaired) electrons. The minimum absolute atomic E-state index is 0.0293. The zero-order chi connectivity index (χ0) is 20.1. The Morgan fingerprint density at radius 3 is 2.36 bits per heavy atom. The monoisotopic (exact) mass is 389 g/mol. The number of imide groups is 1. The molecule has 0 unspecified atom stereocenters. The van der Waals surface area contributed by atoms with Gasteiger partial charge in [-0.2, -0.15) is 0 Å². The van der Waals surface area contributed by atoms with Gasteiger partial charge in [-0.15, -0.1) is 0 Å². The number of carbonyl (C=O) groups is 2. The highest BCUT2D eigenvalue weighted by Gasteiger charge is 2.26. The standard InChI is InChI=1S/C21H31N3O4/c1-16(2)28-18-7-3-6-17(25)21(18)23-14-12-22(13-15-23)10-5-11-24-19(26)8-4-9-20(24)27/h3,6-7,16,25H,4-5,8-15H2,1-2H3. The van der Waals surface area contributed by atoms with Crippen molar-refractivity contribution < 1.29 is 19.4 Å². The van der Waals surface area contributed by atoms with E-state index in [0.29, 0.717) is 31.6 Å². The molecule has 2 heterocycles. The number of phenolic OH excluding ortho intramolecular Hbond substituents is 1. The van der Waals surface area contributed by atoms with Crippen LogP contribution in [0.3, 0.4) is 0 Å². The van der Waals surface area contributed by atoms with Crippen LogP contribution in [0.1, 0.15) is 39.5 Å². The molecule has 0 aliphatic carbocycles. The Morgan fingerprint density at radius 1 is 1.04 bits per heavy atom. The summed E-state index contributed by atoms with van der Waals surface area (Å²) in [5.74, 6) is 0.899. The Bertz CT molecular complexity index is 683. The van der Waals surface area contributed by atoms with Crippen LogP contribution in [0.25, 0.3) is 0 Å². The average Bonchev–Trinajstić information content (AvgIpc) is 2.65. The molecule has 7 heteroatoms. The maximum Gasteiger partial charge on any atom is 0.229 e. The lowest BCUT2D eigenvalue weighted by Gasteiger charge is -2.37. The number of piperidine rings is 1. The van der Waals surface area contributed by atoms with Crippen LogP contribution in [0.5, 0.6) is 11.5 Å². The van der Waals surface area contributed by atoms with Gasteiger partial charge >= 0.3 is 0 Å². The molecule has 1 N–H and O–H groups in total. The van der Waals surface area contributed by atoms with E-state index < -0.39 is 0 Å². The van der Waals surface area contributed by atoms with Crippen molar-refractivity contribution in [1.29, 1.82) is 0 Å². The Balaban J connectivity index is 1.50. The van der Waals surface area contributed by atoms with Crippen molar-refractivity contribution in [1.82, 2.24) is 9.80 Å². The number of rotatable bonds is 7. The summed E-state index contributed by atoms with van der Waals surface area (Å²) in [5.41, 5.74) is 0.764. The number of piperazine rings is 1. The number of phenols is 1. The molecule has 1 aromatic carbocycles. The molecule has 154 valence electrons. The predicted octanol–water partition coefficient (Wildman–Crippen LogP) is 2.23. The number of para-hydroxylation sites is 1. The van der Waals surface area contributed by atoms with E-state index in [1.165, 1.54) is 4.90 Å². The van der Waals surface area contributed by atoms with E-state index in [0.717, 1.165) is 44.8 Å². The summed E-state index contributed by atoms with van der Waals surface area (Å²) < 4.78 is 5.87. The van der Waals surface area contributed by atoms with E-state index in [2.05, 4.69) is 9.80 Å². The summed E-state index contributed by atoms with van der Waals surface area (Å²) in [5, 5.41) is 10.4. The fraction of sp³-hybridized carbons (Fsp3) is 0.619. The molecule has 2 fully saturated rings. The smallest absolute Gasteiger partial charge is 0.229 e. The van der Waals surface area contributed by atoms with E-state index in [4.69, 9.17) is 4.74 Å². The van der Waals surface area contributed by atoms with Gasteiger partial charge in [-0.1, -0.05) is 6.07 Å². The van der Waals surface area contributed by atoms with E-state index in [1.807, 2.05) is 19.9 Å². The molecule has 7 nitrogen and oxygen atoms in total. The summed E-state index contributed by atoms with van der Waals surface area (Å²) in [6, 6.07) is 5.39. The highest BCUT2D eigenvalue weighted by atomic mass is 16.5. The summed E-state index contributed by atoms with van der Waals surface area (Å²) >= 11 is 0. The van der Waals surface area contributed by atoms with Crippen LogP contribution < -0.4 is 9.64 Å². The number of aromatic hydroxyl groups is 1. The van der Waals surface area contributed by atoms with Gasteiger partial charge in [0.05, 0.1) is 6.10 Å². The maximum atomic E-state index is 11.9. The van der Waals surface area contributed by atoms with E-state index in [1.54, 1.807) is 12.1 Å². The van der Waals surface area contributed by atoms with Gasteiger partial charge in [0, 0.05) is 45.6 Å². The lowest BCUT2D eigenvalue weighted by molar-refractivity contribution is -0.148. The van der Waals surface area contributed by atoms with Crippen LogP contribution in [-0.4, -0.2) is 72.1 Å². The van der Waals surface area contributed by atoms with Gasteiger partial charge in [0.2, 0.25) is 11.8 Å². The molecule has 0 aromatic heterocycles. The molecule has 2 saturated heterocycles. The SMILES string of the molecule is CC(C)Oc1cccc(O)c1N1CCN(CCCN2C(=O)CCCC2=O)CC1. The van der Waals surface area contributed by atoms with Crippen LogP contribution in [-0.2, 0) is 9.59 Å². The first-order chi connectivity index (χ1) is 13.5. The fourth-order valence-electron chi connectivity index (χ4n) is 3.87. The van der Waals surface area contributed by atoms with Crippen LogP contribution in [0.2, 0.25) is 0 Å². The highest BCUT2D eigenvalue weighted by molar-refractivity contribution is 5.97. The summed E-state index contributed by atoms with van der Waals surface area (Å²) in [7, 11) is 0. The summed E-state index contributed by atoms with van der Waals surface area (Å²) in [4.78, 5) is 29.7. The fourth-order valence-corrected chi connectivity index (χ4v) is 3.87. The highest BCUT2D eigenvalue weighted by Crippen LogP contribution is 2.38. The van der Waals surface area contributed by atoms with Crippen molar-refractivity contribution in [3.63, 3.8) is 0 Å². The molecular weight excluding hydrogens is 358 g/mol. The normalized spacial score (nSPS) is 18.8. The maximum absolute atomic E-state index is 11.9. The van der Waals surface area contributed by atoms with Crippen molar-refractivity contribution in [2.24, 2.45) is 0 Å². The largest absolute Gasteiger partial charge is 0.506 e.